The molecule has 0 aromatic heterocycles. The van der Waals surface area contributed by atoms with Crippen LogP contribution in [0.2, 0.25) is 0 Å². The summed E-state index contributed by atoms with van der Waals surface area (Å²) in [6.07, 6.45) is 0.638. The summed E-state index contributed by atoms with van der Waals surface area (Å²) >= 11 is 0. The number of fused-ring (bicyclic) bond motifs is 1. The molecule has 1 heterocycles. The van der Waals surface area contributed by atoms with Crippen molar-refractivity contribution in [2.75, 3.05) is 18.0 Å². The maximum Gasteiger partial charge on any atom is 0.251 e. The second-order valence-corrected chi connectivity index (χ2v) is 8.36. The molecule has 0 fully saturated rings. The number of sulfonamides is 1. The van der Waals surface area contributed by atoms with E-state index in [1.165, 1.54) is 13.0 Å². The quantitative estimate of drug-likeness (QED) is 0.772. The minimum absolute atomic E-state index is 0.0523. The first-order valence-electron chi connectivity index (χ1n) is 9.09. The summed E-state index contributed by atoms with van der Waals surface area (Å²) in [4.78, 5) is 25.2. The van der Waals surface area contributed by atoms with Gasteiger partial charge >= 0.3 is 0 Å². The lowest BCUT2D eigenvalue weighted by molar-refractivity contribution is -0.116. The van der Waals surface area contributed by atoms with Crippen molar-refractivity contribution in [2.45, 2.75) is 31.7 Å². The fraction of sp³-hybridized carbons (Fsp3) is 0.300. The lowest BCUT2D eigenvalue weighted by atomic mass is 10.1. The Morgan fingerprint density at radius 2 is 1.82 bits per heavy atom. The average molecular weight is 401 g/mol. The molecule has 8 heteroatoms. The number of carbonyl (C=O) groups excluding carboxylic acids is 2. The minimum Gasteiger partial charge on any atom is -0.352 e. The normalized spacial score (nSPS) is 13.3. The molecule has 3 rings (SSSR count). The predicted molar refractivity (Wildman–Crippen MR) is 107 cm³/mol. The second kappa shape index (κ2) is 8.12. The highest BCUT2D eigenvalue weighted by atomic mass is 32.2. The van der Waals surface area contributed by atoms with Crippen LogP contribution in [0.3, 0.4) is 0 Å². The Morgan fingerprint density at radius 1 is 1.11 bits per heavy atom. The zero-order chi connectivity index (χ0) is 20.3. The zero-order valence-corrected chi connectivity index (χ0v) is 16.7. The molecule has 0 unspecified atom stereocenters. The van der Waals surface area contributed by atoms with Gasteiger partial charge < -0.3 is 10.2 Å². The Kier molecular flexibility index (Phi) is 5.81. The molecule has 0 radical (unpaired) electrons. The highest BCUT2D eigenvalue weighted by Gasteiger charge is 2.24. The van der Waals surface area contributed by atoms with Crippen molar-refractivity contribution in [3.63, 3.8) is 0 Å². The molecule has 28 heavy (non-hydrogen) atoms. The molecule has 0 spiro atoms. The van der Waals surface area contributed by atoms with Gasteiger partial charge in [0.2, 0.25) is 15.9 Å². The Balaban J connectivity index is 1.69. The van der Waals surface area contributed by atoms with Gasteiger partial charge in [0.1, 0.15) is 0 Å². The van der Waals surface area contributed by atoms with Crippen molar-refractivity contribution in [2.24, 2.45) is 0 Å². The maximum absolute atomic E-state index is 12.6. The minimum atomic E-state index is -3.69. The molecule has 2 N–H and O–H groups in total. The Morgan fingerprint density at radius 3 is 2.46 bits per heavy atom. The van der Waals surface area contributed by atoms with E-state index in [2.05, 4.69) is 10.0 Å². The van der Waals surface area contributed by atoms with Gasteiger partial charge in [0.25, 0.3) is 5.91 Å². The van der Waals surface area contributed by atoms with Gasteiger partial charge in [-0.15, -0.1) is 0 Å². The Hall–Kier alpha value is -2.71. The predicted octanol–water partition coefficient (Wildman–Crippen LogP) is 1.82. The van der Waals surface area contributed by atoms with Crippen LogP contribution < -0.4 is 14.9 Å². The van der Waals surface area contributed by atoms with Gasteiger partial charge in [-0.3, -0.25) is 9.59 Å². The first kappa shape index (κ1) is 20.0. The summed E-state index contributed by atoms with van der Waals surface area (Å²) in [7, 11) is -3.69. The molecule has 2 amide bonds. The molecule has 2 aromatic rings. The van der Waals surface area contributed by atoms with Crippen molar-refractivity contribution in [1.82, 2.24) is 10.0 Å². The lowest BCUT2D eigenvalue weighted by Crippen LogP contribution is -2.26. The van der Waals surface area contributed by atoms with Gasteiger partial charge in [0.15, 0.2) is 0 Å². The van der Waals surface area contributed by atoms with E-state index in [0.717, 1.165) is 16.8 Å². The molecule has 1 aliphatic rings. The smallest absolute Gasteiger partial charge is 0.251 e. The van der Waals surface area contributed by atoms with Crippen molar-refractivity contribution < 1.29 is 18.0 Å². The van der Waals surface area contributed by atoms with Crippen LogP contribution in [-0.4, -0.2) is 33.3 Å². The van der Waals surface area contributed by atoms with Crippen molar-refractivity contribution in [3.8, 4) is 0 Å². The summed E-state index contributed by atoms with van der Waals surface area (Å²) in [6, 6.07) is 11.6. The van der Waals surface area contributed by atoms with Gasteiger partial charge in [-0.05, 0) is 54.8 Å². The van der Waals surface area contributed by atoms with Crippen LogP contribution in [-0.2, 0) is 27.8 Å². The van der Waals surface area contributed by atoms with Crippen LogP contribution in [0.5, 0.6) is 0 Å². The number of hydrogen-bond donors (Lipinski definition) is 2. The number of rotatable bonds is 6. The third-order valence-corrected chi connectivity index (χ3v) is 6.06. The summed E-state index contributed by atoms with van der Waals surface area (Å²) in [5.74, 6) is -0.212. The first-order chi connectivity index (χ1) is 13.3. The van der Waals surface area contributed by atoms with Crippen molar-refractivity contribution in [3.05, 3.63) is 59.2 Å². The number of carbonyl (C=O) groups is 2. The lowest BCUT2D eigenvalue weighted by Gasteiger charge is -2.15. The second-order valence-electron chi connectivity index (χ2n) is 6.59. The molecule has 0 saturated carbocycles. The largest absolute Gasteiger partial charge is 0.352 e. The number of hydrogen-bond acceptors (Lipinski definition) is 4. The molecule has 0 bridgehead atoms. The fourth-order valence-corrected chi connectivity index (χ4v) is 4.24. The maximum atomic E-state index is 12.6. The number of amides is 2. The van der Waals surface area contributed by atoms with Gasteiger partial charge in [0, 0.05) is 37.8 Å². The van der Waals surface area contributed by atoms with Crippen molar-refractivity contribution >= 4 is 27.5 Å². The highest BCUT2D eigenvalue weighted by Crippen LogP contribution is 2.30. The number of nitrogens with one attached hydrogen (secondary N) is 2. The van der Waals surface area contributed by atoms with Crippen LogP contribution in [0.25, 0.3) is 0 Å². The van der Waals surface area contributed by atoms with E-state index in [4.69, 9.17) is 0 Å². The summed E-state index contributed by atoms with van der Waals surface area (Å²) < 4.78 is 27.8. The topological polar surface area (TPSA) is 95.6 Å². The van der Waals surface area contributed by atoms with Crippen LogP contribution in [0, 0.1) is 0 Å². The molecule has 1 aliphatic heterocycles. The Labute approximate surface area is 164 Å². The van der Waals surface area contributed by atoms with E-state index >= 15 is 0 Å². The highest BCUT2D eigenvalue weighted by molar-refractivity contribution is 7.89. The standard InChI is InChI=1S/C20H23N3O4S/c1-3-21-20(25)16-6-4-15(5-7-16)13-22-28(26,27)18-8-9-19-17(12-18)10-11-23(19)14(2)24/h4-9,12,22H,3,10-11,13H2,1-2H3,(H,21,25). The third kappa shape index (κ3) is 4.23. The number of anilines is 1. The van der Waals surface area contributed by atoms with E-state index in [0.29, 0.717) is 25.1 Å². The average Bonchev–Trinajstić information content (AvgIpc) is 3.10. The zero-order valence-electron chi connectivity index (χ0n) is 15.9. The van der Waals surface area contributed by atoms with E-state index < -0.39 is 10.0 Å². The monoisotopic (exact) mass is 401 g/mol. The number of benzene rings is 2. The molecule has 0 atom stereocenters. The van der Waals surface area contributed by atoms with Gasteiger partial charge in [-0.25, -0.2) is 13.1 Å². The van der Waals surface area contributed by atoms with Crippen molar-refractivity contribution in [1.29, 1.82) is 0 Å². The van der Waals surface area contributed by atoms with Crippen LogP contribution in [0.1, 0.15) is 35.3 Å². The summed E-state index contributed by atoms with van der Waals surface area (Å²) in [5.41, 5.74) is 2.90. The van der Waals surface area contributed by atoms with Crippen LogP contribution in [0.4, 0.5) is 5.69 Å². The molecular formula is C20H23N3O4S. The van der Waals surface area contributed by atoms with E-state index in [9.17, 15) is 18.0 Å². The SMILES string of the molecule is CCNC(=O)c1ccc(CNS(=O)(=O)c2ccc3c(c2)CCN3C(C)=O)cc1. The van der Waals surface area contributed by atoms with E-state index in [1.807, 2.05) is 6.92 Å². The molecule has 7 nitrogen and oxygen atoms in total. The summed E-state index contributed by atoms with van der Waals surface area (Å²) in [6.45, 7) is 4.58. The van der Waals surface area contributed by atoms with Crippen LogP contribution in [0.15, 0.2) is 47.4 Å². The fourth-order valence-electron chi connectivity index (χ4n) is 3.17. The molecule has 0 saturated heterocycles. The summed E-state index contributed by atoms with van der Waals surface area (Å²) in [5, 5.41) is 2.71. The van der Waals surface area contributed by atoms with E-state index in [1.54, 1.807) is 41.3 Å². The molecular weight excluding hydrogens is 378 g/mol. The molecule has 2 aromatic carbocycles. The van der Waals surface area contributed by atoms with Gasteiger partial charge in [-0.2, -0.15) is 0 Å². The third-order valence-electron chi connectivity index (χ3n) is 4.66. The van der Waals surface area contributed by atoms with Crippen LogP contribution >= 0.6 is 0 Å². The molecule has 0 aliphatic carbocycles. The number of nitrogens with zero attached hydrogens (tertiary/aromatic N) is 1. The van der Waals surface area contributed by atoms with Gasteiger partial charge in [-0.1, -0.05) is 12.1 Å². The first-order valence-corrected chi connectivity index (χ1v) is 10.6. The molecule has 148 valence electrons. The van der Waals surface area contributed by atoms with E-state index in [-0.39, 0.29) is 23.3 Å². The van der Waals surface area contributed by atoms with Gasteiger partial charge in [0.05, 0.1) is 4.90 Å². The Bertz CT molecular complexity index is 1000.